The molecule has 2 saturated heterocycles. The Morgan fingerprint density at radius 2 is 2.18 bits per heavy atom. The molecule has 0 spiro atoms. The van der Waals surface area contributed by atoms with Crippen molar-refractivity contribution in [1.29, 1.82) is 0 Å². The van der Waals surface area contributed by atoms with E-state index in [9.17, 15) is 9.59 Å². The Balaban J connectivity index is 1.50. The molecule has 0 aromatic carbocycles. The fourth-order valence-corrected chi connectivity index (χ4v) is 3.22. The number of esters is 1. The lowest BCUT2D eigenvalue weighted by Gasteiger charge is -2.36. The highest BCUT2D eigenvalue weighted by Gasteiger charge is 2.31. The average molecular weight is 307 g/mol. The molecule has 3 heterocycles. The van der Waals surface area contributed by atoms with E-state index >= 15 is 0 Å². The predicted molar refractivity (Wildman–Crippen MR) is 77.1 cm³/mol. The average Bonchev–Trinajstić information content (AvgIpc) is 3.16. The van der Waals surface area contributed by atoms with Gasteiger partial charge in [-0.3, -0.25) is 9.69 Å². The summed E-state index contributed by atoms with van der Waals surface area (Å²) in [7, 11) is 1.32. The topological polar surface area (TPSA) is 75.9 Å². The maximum absolute atomic E-state index is 11.8. The van der Waals surface area contributed by atoms with Gasteiger partial charge in [-0.1, -0.05) is 0 Å². The van der Waals surface area contributed by atoms with Crippen LogP contribution in [0, 0.1) is 0 Å². The minimum absolute atomic E-state index is 0.204. The first-order valence-corrected chi connectivity index (χ1v) is 7.72. The second-order valence-electron chi connectivity index (χ2n) is 5.82. The highest BCUT2D eigenvalue weighted by atomic mass is 16.5. The van der Waals surface area contributed by atoms with Gasteiger partial charge in [0.15, 0.2) is 5.69 Å². The Morgan fingerprint density at radius 1 is 1.41 bits per heavy atom. The summed E-state index contributed by atoms with van der Waals surface area (Å²) in [4.78, 5) is 31.5. The van der Waals surface area contributed by atoms with Gasteiger partial charge < -0.3 is 14.1 Å². The van der Waals surface area contributed by atoms with E-state index in [0.29, 0.717) is 30.8 Å². The number of hydrogen-bond donors (Lipinski definition) is 0. The minimum Gasteiger partial charge on any atom is -0.464 e. The summed E-state index contributed by atoms with van der Waals surface area (Å²) in [5, 5.41) is 0. The van der Waals surface area contributed by atoms with Gasteiger partial charge in [-0.15, -0.1) is 0 Å². The summed E-state index contributed by atoms with van der Waals surface area (Å²) in [5.41, 5.74) is 0.204. The van der Waals surface area contributed by atoms with Crippen molar-refractivity contribution in [3.05, 3.63) is 17.8 Å². The van der Waals surface area contributed by atoms with Gasteiger partial charge in [0.2, 0.25) is 11.8 Å². The van der Waals surface area contributed by atoms with Crippen LogP contribution in [0.15, 0.2) is 10.7 Å². The number of ether oxygens (including phenoxy) is 1. The molecule has 7 heteroatoms. The van der Waals surface area contributed by atoms with Gasteiger partial charge in [0.05, 0.1) is 13.7 Å². The van der Waals surface area contributed by atoms with Crippen molar-refractivity contribution in [3.63, 3.8) is 0 Å². The van der Waals surface area contributed by atoms with Crippen molar-refractivity contribution in [2.45, 2.75) is 38.3 Å². The molecule has 0 saturated carbocycles. The maximum Gasteiger partial charge on any atom is 0.360 e. The van der Waals surface area contributed by atoms with Gasteiger partial charge in [-0.2, -0.15) is 0 Å². The van der Waals surface area contributed by atoms with Crippen LogP contribution in [0.1, 0.15) is 42.1 Å². The van der Waals surface area contributed by atoms with E-state index in [1.165, 1.54) is 13.4 Å². The standard InChI is InChI=1S/C15H21N3O4/c1-21-15(20)12-10-22-13(16-12)9-17-7-4-11(5-8-17)18-6-2-3-14(18)19/h10-11H,2-9H2,1H3. The van der Waals surface area contributed by atoms with Crippen LogP contribution in [-0.2, 0) is 16.1 Å². The van der Waals surface area contributed by atoms with E-state index < -0.39 is 5.97 Å². The molecule has 22 heavy (non-hydrogen) atoms. The Bertz CT molecular complexity index is 549. The smallest absolute Gasteiger partial charge is 0.360 e. The number of aromatic nitrogens is 1. The number of rotatable bonds is 4. The number of carbonyl (C=O) groups is 2. The molecule has 120 valence electrons. The molecule has 0 radical (unpaired) electrons. The zero-order chi connectivity index (χ0) is 15.5. The predicted octanol–water partition coefficient (Wildman–Crippen LogP) is 1.05. The number of nitrogens with zero attached hydrogens (tertiary/aromatic N) is 3. The molecule has 0 unspecified atom stereocenters. The monoisotopic (exact) mass is 307 g/mol. The van der Waals surface area contributed by atoms with Crippen LogP contribution in [0.5, 0.6) is 0 Å². The third-order valence-electron chi connectivity index (χ3n) is 4.41. The third-order valence-corrected chi connectivity index (χ3v) is 4.41. The van der Waals surface area contributed by atoms with Crippen LogP contribution in [-0.4, -0.2) is 59.4 Å². The Morgan fingerprint density at radius 3 is 2.82 bits per heavy atom. The van der Waals surface area contributed by atoms with Gasteiger partial charge in [0, 0.05) is 32.1 Å². The number of piperidine rings is 1. The van der Waals surface area contributed by atoms with Gasteiger partial charge in [0.1, 0.15) is 6.26 Å². The van der Waals surface area contributed by atoms with Crippen LogP contribution >= 0.6 is 0 Å². The van der Waals surface area contributed by atoms with E-state index in [0.717, 1.165) is 38.9 Å². The van der Waals surface area contributed by atoms with Crippen LogP contribution in [0.4, 0.5) is 0 Å². The number of hydrogen-bond acceptors (Lipinski definition) is 6. The lowest BCUT2D eigenvalue weighted by Crippen LogP contribution is -2.45. The van der Waals surface area contributed by atoms with Gasteiger partial charge in [-0.25, -0.2) is 9.78 Å². The van der Waals surface area contributed by atoms with Crippen molar-refractivity contribution >= 4 is 11.9 Å². The highest BCUT2D eigenvalue weighted by molar-refractivity contribution is 5.86. The molecule has 1 aromatic rings. The summed E-state index contributed by atoms with van der Waals surface area (Å²) >= 11 is 0. The van der Waals surface area contributed by atoms with Crippen molar-refractivity contribution in [2.75, 3.05) is 26.7 Å². The van der Waals surface area contributed by atoms with E-state index in [2.05, 4.69) is 14.6 Å². The van der Waals surface area contributed by atoms with E-state index in [-0.39, 0.29) is 5.69 Å². The van der Waals surface area contributed by atoms with E-state index in [1.807, 2.05) is 4.90 Å². The van der Waals surface area contributed by atoms with E-state index in [1.54, 1.807) is 0 Å². The van der Waals surface area contributed by atoms with Crippen LogP contribution in [0.2, 0.25) is 0 Å². The first kappa shape index (κ1) is 15.0. The molecule has 3 rings (SSSR count). The molecule has 0 atom stereocenters. The van der Waals surface area contributed by atoms with Crippen molar-refractivity contribution in [3.8, 4) is 0 Å². The molecule has 0 N–H and O–H groups in total. The number of oxazole rings is 1. The largest absolute Gasteiger partial charge is 0.464 e. The minimum atomic E-state index is -0.485. The Labute approximate surface area is 129 Å². The van der Waals surface area contributed by atoms with E-state index in [4.69, 9.17) is 4.42 Å². The fourth-order valence-electron chi connectivity index (χ4n) is 3.22. The fraction of sp³-hybridized carbons (Fsp3) is 0.667. The van der Waals surface area contributed by atoms with Crippen molar-refractivity contribution in [1.82, 2.24) is 14.8 Å². The summed E-state index contributed by atoms with van der Waals surface area (Å²) < 4.78 is 9.92. The molecule has 2 aliphatic heterocycles. The Hall–Kier alpha value is -1.89. The normalized spacial score (nSPS) is 20.6. The quantitative estimate of drug-likeness (QED) is 0.774. The number of likely N-dealkylation sites (tertiary alicyclic amines) is 2. The first-order valence-electron chi connectivity index (χ1n) is 7.72. The highest BCUT2D eigenvalue weighted by Crippen LogP contribution is 2.22. The zero-order valence-corrected chi connectivity index (χ0v) is 12.8. The second kappa shape index (κ2) is 6.48. The number of amides is 1. The SMILES string of the molecule is COC(=O)c1coc(CN2CCC(N3CCCC3=O)CC2)n1. The van der Waals surface area contributed by atoms with Crippen LogP contribution in [0.25, 0.3) is 0 Å². The molecule has 0 aliphatic carbocycles. The number of carbonyl (C=O) groups excluding carboxylic acids is 2. The number of methoxy groups -OCH3 is 1. The van der Waals surface area contributed by atoms with Crippen molar-refractivity contribution in [2.24, 2.45) is 0 Å². The van der Waals surface area contributed by atoms with Gasteiger partial charge in [-0.05, 0) is 19.3 Å². The molecule has 7 nitrogen and oxygen atoms in total. The van der Waals surface area contributed by atoms with Crippen molar-refractivity contribution < 1.29 is 18.7 Å². The van der Waals surface area contributed by atoms with Crippen LogP contribution < -0.4 is 0 Å². The van der Waals surface area contributed by atoms with Gasteiger partial charge >= 0.3 is 5.97 Å². The molecular formula is C15H21N3O4. The van der Waals surface area contributed by atoms with Gasteiger partial charge in [0.25, 0.3) is 0 Å². The molecule has 0 bridgehead atoms. The molecule has 2 fully saturated rings. The molecule has 1 aromatic heterocycles. The lowest BCUT2D eigenvalue weighted by molar-refractivity contribution is -0.130. The zero-order valence-electron chi connectivity index (χ0n) is 12.8. The molecular weight excluding hydrogens is 286 g/mol. The summed E-state index contributed by atoms with van der Waals surface area (Å²) in [6.45, 7) is 3.30. The third kappa shape index (κ3) is 3.14. The summed E-state index contributed by atoms with van der Waals surface area (Å²) in [6, 6.07) is 0.376. The summed E-state index contributed by atoms with van der Waals surface area (Å²) in [6.07, 6.45) is 4.99. The second-order valence-corrected chi connectivity index (χ2v) is 5.82. The lowest BCUT2D eigenvalue weighted by atomic mass is 10.0. The molecule has 1 amide bonds. The van der Waals surface area contributed by atoms with Crippen LogP contribution in [0.3, 0.4) is 0 Å². The molecule has 2 aliphatic rings. The maximum atomic E-state index is 11.8. The first-order chi connectivity index (χ1) is 10.7. The Kier molecular flexibility index (Phi) is 4.42. The summed E-state index contributed by atoms with van der Waals surface area (Å²) in [5.74, 6) is 0.339.